The number of amidine groups is 2. The minimum absolute atomic E-state index is 0.0456. The molecule has 0 aromatic heterocycles. The van der Waals surface area contributed by atoms with Gasteiger partial charge < -0.3 is 14.7 Å². The van der Waals surface area contributed by atoms with Gasteiger partial charge in [-0.2, -0.15) is 0 Å². The largest absolute Gasteiger partial charge is 0.350 e. The summed E-state index contributed by atoms with van der Waals surface area (Å²) in [6.07, 6.45) is 0. The highest BCUT2D eigenvalue weighted by atomic mass is 19.1. The standard InChI is InChI=1S/C27H25F2N5O2/c1-32(17-24(35)33-15-16-34(25(36)18-33)23-5-3-2-4-6-23)27(20-9-13-22(29)14-10-20)31-26(30)19-7-11-21(28)12-8-19/h2-14,30H,15-18H2,1H3. The Bertz CT molecular complexity index is 1280. The van der Waals surface area contributed by atoms with E-state index in [9.17, 15) is 18.4 Å². The number of para-hydroxylation sites is 1. The molecular weight excluding hydrogens is 464 g/mol. The van der Waals surface area contributed by atoms with Crippen molar-refractivity contribution < 1.29 is 18.4 Å². The lowest BCUT2D eigenvalue weighted by molar-refractivity contribution is -0.136. The van der Waals surface area contributed by atoms with Crippen molar-refractivity contribution in [3.8, 4) is 0 Å². The van der Waals surface area contributed by atoms with Crippen molar-refractivity contribution in [2.24, 2.45) is 4.99 Å². The van der Waals surface area contributed by atoms with Gasteiger partial charge >= 0.3 is 0 Å². The Hall–Kier alpha value is -4.40. The molecule has 1 heterocycles. The first-order chi connectivity index (χ1) is 17.3. The molecule has 0 atom stereocenters. The van der Waals surface area contributed by atoms with Crippen molar-refractivity contribution >= 4 is 29.2 Å². The minimum atomic E-state index is -0.432. The van der Waals surface area contributed by atoms with Crippen molar-refractivity contribution in [2.75, 3.05) is 38.1 Å². The van der Waals surface area contributed by atoms with Crippen molar-refractivity contribution in [3.05, 3.63) is 102 Å². The molecule has 3 aromatic carbocycles. The van der Waals surface area contributed by atoms with Gasteiger partial charge in [0.25, 0.3) is 0 Å². The van der Waals surface area contributed by atoms with Crippen LogP contribution in [-0.4, -0.2) is 66.5 Å². The number of anilines is 1. The van der Waals surface area contributed by atoms with Gasteiger partial charge in [-0.05, 0) is 60.7 Å². The number of amides is 2. The summed E-state index contributed by atoms with van der Waals surface area (Å²) in [7, 11) is 1.64. The number of carbonyl (C=O) groups is 2. The molecular formula is C27H25F2N5O2. The number of rotatable bonds is 5. The summed E-state index contributed by atoms with van der Waals surface area (Å²) in [6, 6.07) is 20.2. The molecule has 2 amide bonds. The second-order valence-electron chi connectivity index (χ2n) is 8.35. The maximum absolute atomic E-state index is 13.5. The second kappa shape index (κ2) is 10.9. The van der Waals surface area contributed by atoms with E-state index in [1.807, 2.05) is 30.3 Å². The van der Waals surface area contributed by atoms with Crippen LogP contribution in [0.3, 0.4) is 0 Å². The minimum Gasteiger partial charge on any atom is -0.350 e. The number of hydrogen-bond donors (Lipinski definition) is 1. The highest BCUT2D eigenvalue weighted by Crippen LogP contribution is 2.17. The van der Waals surface area contributed by atoms with E-state index in [-0.39, 0.29) is 36.6 Å². The van der Waals surface area contributed by atoms with Crippen molar-refractivity contribution in [1.29, 1.82) is 5.41 Å². The van der Waals surface area contributed by atoms with Gasteiger partial charge in [0, 0.05) is 37.0 Å². The van der Waals surface area contributed by atoms with Crippen LogP contribution < -0.4 is 4.90 Å². The molecule has 3 aromatic rings. The number of piperazine rings is 1. The average Bonchev–Trinajstić information content (AvgIpc) is 2.88. The van der Waals surface area contributed by atoms with Gasteiger partial charge in [0.1, 0.15) is 24.0 Å². The Kier molecular flexibility index (Phi) is 7.48. The van der Waals surface area contributed by atoms with Crippen LogP contribution in [0.25, 0.3) is 0 Å². The van der Waals surface area contributed by atoms with Gasteiger partial charge in [0.15, 0.2) is 5.84 Å². The highest BCUT2D eigenvalue weighted by molar-refractivity contribution is 6.11. The first-order valence-corrected chi connectivity index (χ1v) is 11.4. The van der Waals surface area contributed by atoms with Crippen LogP contribution in [-0.2, 0) is 9.59 Å². The lowest BCUT2D eigenvalue weighted by atomic mass is 10.1. The number of halogens is 2. The number of hydrogen-bond acceptors (Lipinski definition) is 3. The lowest BCUT2D eigenvalue weighted by Gasteiger charge is -2.35. The van der Waals surface area contributed by atoms with Crippen molar-refractivity contribution in [3.63, 3.8) is 0 Å². The van der Waals surface area contributed by atoms with Crippen molar-refractivity contribution in [2.45, 2.75) is 0 Å². The van der Waals surface area contributed by atoms with Crippen LogP contribution in [0, 0.1) is 17.0 Å². The van der Waals surface area contributed by atoms with E-state index in [0.717, 1.165) is 5.69 Å². The zero-order valence-electron chi connectivity index (χ0n) is 19.7. The van der Waals surface area contributed by atoms with Gasteiger partial charge in [-0.3, -0.25) is 15.0 Å². The topological polar surface area (TPSA) is 80.1 Å². The molecule has 1 aliphatic rings. The van der Waals surface area contributed by atoms with Crippen LogP contribution in [0.4, 0.5) is 14.5 Å². The highest BCUT2D eigenvalue weighted by Gasteiger charge is 2.29. The van der Waals surface area contributed by atoms with Gasteiger partial charge in [0.2, 0.25) is 11.8 Å². The predicted molar refractivity (Wildman–Crippen MR) is 134 cm³/mol. The summed E-state index contributed by atoms with van der Waals surface area (Å²) in [6.45, 7) is 0.607. The number of likely N-dealkylation sites (N-methyl/N-ethyl adjacent to an activating group) is 1. The third-order valence-electron chi connectivity index (χ3n) is 5.81. The molecule has 1 saturated heterocycles. The van der Waals surface area contributed by atoms with Gasteiger partial charge in [-0.15, -0.1) is 0 Å². The Morgan fingerprint density at radius 3 is 2.08 bits per heavy atom. The Balaban J connectivity index is 1.50. The predicted octanol–water partition coefficient (Wildman–Crippen LogP) is 3.54. The fourth-order valence-corrected chi connectivity index (χ4v) is 3.89. The maximum Gasteiger partial charge on any atom is 0.246 e. The van der Waals surface area contributed by atoms with E-state index in [4.69, 9.17) is 5.41 Å². The Morgan fingerprint density at radius 2 is 1.50 bits per heavy atom. The molecule has 0 unspecified atom stereocenters. The van der Waals surface area contributed by atoms with Crippen LogP contribution >= 0.6 is 0 Å². The molecule has 1 fully saturated rings. The fraction of sp³-hybridized carbons (Fsp3) is 0.185. The third kappa shape index (κ3) is 5.80. The normalized spacial score (nSPS) is 14.1. The summed E-state index contributed by atoms with van der Waals surface area (Å²) in [5.74, 6) is -1.18. The molecule has 0 saturated carbocycles. The van der Waals surface area contributed by atoms with E-state index >= 15 is 0 Å². The Labute approximate surface area is 207 Å². The lowest BCUT2D eigenvalue weighted by Crippen LogP contribution is -2.54. The summed E-state index contributed by atoms with van der Waals surface area (Å²) >= 11 is 0. The van der Waals surface area contributed by atoms with Crippen LogP contribution in [0.2, 0.25) is 0 Å². The second-order valence-corrected chi connectivity index (χ2v) is 8.35. The molecule has 0 radical (unpaired) electrons. The third-order valence-corrected chi connectivity index (χ3v) is 5.81. The first-order valence-electron chi connectivity index (χ1n) is 11.4. The molecule has 184 valence electrons. The smallest absolute Gasteiger partial charge is 0.246 e. The van der Waals surface area contributed by atoms with Crippen molar-refractivity contribution in [1.82, 2.24) is 9.80 Å². The van der Waals surface area contributed by atoms with Gasteiger partial charge in [0.05, 0.1) is 6.54 Å². The van der Waals surface area contributed by atoms with E-state index in [1.165, 1.54) is 53.4 Å². The Morgan fingerprint density at radius 1 is 0.917 bits per heavy atom. The molecule has 0 spiro atoms. The van der Waals surface area contributed by atoms with E-state index in [1.54, 1.807) is 16.8 Å². The quantitative estimate of drug-likeness (QED) is 0.440. The van der Waals surface area contributed by atoms with Crippen LogP contribution in [0.5, 0.6) is 0 Å². The number of aliphatic imine (C=N–C) groups is 1. The molecule has 0 bridgehead atoms. The zero-order valence-corrected chi connectivity index (χ0v) is 19.7. The summed E-state index contributed by atoms with van der Waals surface area (Å²) in [5.41, 5.74) is 1.68. The van der Waals surface area contributed by atoms with E-state index < -0.39 is 11.6 Å². The maximum atomic E-state index is 13.5. The number of nitrogens with zero attached hydrogens (tertiary/aromatic N) is 4. The molecule has 36 heavy (non-hydrogen) atoms. The van der Waals surface area contributed by atoms with Crippen LogP contribution in [0.15, 0.2) is 83.9 Å². The molecule has 1 aliphatic heterocycles. The molecule has 4 rings (SSSR count). The van der Waals surface area contributed by atoms with Gasteiger partial charge in [-0.1, -0.05) is 18.2 Å². The molecule has 1 N–H and O–H groups in total. The average molecular weight is 490 g/mol. The summed E-state index contributed by atoms with van der Waals surface area (Å²) in [4.78, 5) is 34.9. The van der Waals surface area contributed by atoms with Crippen LogP contribution in [0.1, 0.15) is 11.1 Å². The molecule has 0 aliphatic carbocycles. The number of benzene rings is 3. The zero-order chi connectivity index (χ0) is 25.7. The molecule has 7 nitrogen and oxygen atoms in total. The van der Waals surface area contributed by atoms with E-state index in [2.05, 4.69) is 4.99 Å². The fourth-order valence-electron chi connectivity index (χ4n) is 3.89. The summed E-state index contributed by atoms with van der Waals surface area (Å²) in [5, 5.41) is 8.37. The first kappa shape index (κ1) is 24.7. The van der Waals surface area contributed by atoms with E-state index in [0.29, 0.717) is 24.2 Å². The SMILES string of the molecule is CN(CC(=O)N1CCN(c2ccccc2)C(=O)C1)C(=NC(=N)c1ccc(F)cc1)c1ccc(F)cc1. The summed E-state index contributed by atoms with van der Waals surface area (Å²) < 4.78 is 26.8. The monoisotopic (exact) mass is 489 g/mol. The number of carbonyl (C=O) groups excluding carboxylic acids is 2. The number of nitrogens with one attached hydrogen (secondary N) is 1. The van der Waals surface area contributed by atoms with Gasteiger partial charge in [-0.25, -0.2) is 13.8 Å². The molecule has 9 heteroatoms.